The Kier molecular flexibility index (Phi) is 4.59. The van der Waals surface area contributed by atoms with E-state index in [4.69, 9.17) is 4.43 Å². The maximum atomic E-state index is 9.87. The smallest absolute Gasteiger partial charge is 0.192 e. The molecule has 4 rings (SSSR count). The number of phenols is 1. The van der Waals surface area contributed by atoms with Gasteiger partial charge in [0.15, 0.2) is 8.32 Å². The standard InChI is InChI=1S/C24H38O2Si/c1-23(2,3)27(5,6)26-22-12-11-21-20-9-7-16-15-17(25)8-10-18(16)19(20)13-14-24(21,22)4/h8,10,15,19-22,25H,7,9,11-14H2,1-6H3. The molecule has 5 unspecified atom stereocenters. The molecule has 0 saturated heterocycles. The topological polar surface area (TPSA) is 29.5 Å². The number of fused-ring (bicyclic) bond motifs is 5. The normalized spacial score (nSPS) is 36.1. The van der Waals surface area contributed by atoms with Crippen molar-refractivity contribution in [3.63, 3.8) is 0 Å². The highest BCUT2D eigenvalue weighted by molar-refractivity contribution is 6.74. The summed E-state index contributed by atoms with van der Waals surface area (Å²) in [5, 5.41) is 10.2. The van der Waals surface area contributed by atoms with E-state index in [2.05, 4.69) is 46.9 Å². The average Bonchev–Trinajstić information content (AvgIpc) is 2.89. The van der Waals surface area contributed by atoms with Crippen molar-refractivity contribution in [1.82, 2.24) is 0 Å². The summed E-state index contributed by atoms with van der Waals surface area (Å²) in [4.78, 5) is 0. The molecule has 2 saturated carbocycles. The summed E-state index contributed by atoms with van der Waals surface area (Å²) in [6.45, 7) is 14.5. The zero-order valence-electron chi connectivity index (χ0n) is 18.1. The third-order valence-corrected chi connectivity index (χ3v) is 13.4. The molecule has 0 aliphatic heterocycles. The van der Waals surface area contributed by atoms with Crippen LogP contribution in [0.15, 0.2) is 18.2 Å². The van der Waals surface area contributed by atoms with E-state index >= 15 is 0 Å². The first-order valence-electron chi connectivity index (χ1n) is 11.0. The second-order valence-electron chi connectivity index (χ2n) is 11.3. The first-order valence-corrected chi connectivity index (χ1v) is 13.9. The molecule has 2 fully saturated rings. The van der Waals surface area contributed by atoms with Crippen LogP contribution in [0, 0.1) is 17.3 Å². The highest BCUT2D eigenvalue weighted by Gasteiger charge is 2.56. The zero-order chi connectivity index (χ0) is 19.6. The number of phenolic OH excluding ortho intramolecular Hbond substituents is 1. The van der Waals surface area contributed by atoms with Gasteiger partial charge >= 0.3 is 0 Å². The lowest BCUT2D eigenvalue weighted by Gasteiger charge is -2.52. The van der Waals surface area contributed by atoms with Crippen LogP contribution in [0.1, 0.15) is 76.8 Å². The van der Waals surface area contributed by atoms with E-state index in [1.54, 1.807) is 0 Å². The Bertz CT molecular complexity index is 720. The summed E-state index contributed by atoms with van der Waals surface area (Å²) in [6.07, 6.45) is 8.03. The molecule has 0 spiro atoms. The monoisotopic (exact) mass is 386 g/mol. The van der Waals surface area contributed by atoms with Gasteiger partial charge in [-0.2, -0.15) is 0 Å². The van der Waals surface area contributed by atoms with Gasteiger partial charge in [0.25, 0.3) is 0 Å². The summed E-state index contributed by atoms with van der Waals surface area (Å²) in [5.41, 5.74) is 3.28. The molecular formula is C24H38O2Si. The molecule has 5 atom stereocenters. The highest BCUT2D eigenvalue weighted by Crippen LogP contribution is 2.62. The van der Waals surface area contributed by atoms with Gasteiger partial charge in [0.2, 0.25) is 0 Å². The molecule has 2 nitrogen and oxygen atoms in total. The molecule has 0 radical (unpaired) electrons. The van der Waals surface area contributed by atoms with E-state index in [1.165, 1.54) is 43.2 Å². The largest absolute Gasteiger partial charge is 0.508 e. The van der Waals surface area contributed by atoms with E-state index in [0.29, 0.717) is 23.2 Å². The van der Waals surface area contributed by atoms with Gasteiger partial charge in [-0.05, 0) is 103 Å². The first-order chi connectivity index (χ1) is 12.5. The third-order valence-electron chi connectivity index (χ3n) is 8.87. The molecule has 3 heteroatoms. The summed E-state index contributed by atoms with van der Waals surface area (Å²) in [5.74, 6) is 2.72. The molecule has 0 bridgehead atoms. The van der Waals surface area contributed by atoms with Crippen molar-refractivity contribution in [2.24, 2.45) is 17.3 Å². The SMILES string of the molecule is CC12CCC3c4ccc(O)cc4CCC3C1CCC2O[Si](C)(C)C(C)(C)C. The fraction of sp³-hybridized carbons (Fsp3) is 0.750. The van der Waals surface area contributed by atoms with Crippen molar-refractivity contribution in [3.8, 4) is 5.75 Å². The van der Waals surface area contributed by atoms with Gasteiger partial charge in [-0.1, -0.05) is 33.8 Å². The Labute approximate surface area is 166 Å². The van der Waals surface area contributed by atoms with Crippen LogP contribution in [-0.4, -0.2) is 19.5 Å². The van der Waals surface area contributed by atoms with Gasteiger partial charge < -0.3 is 9.53 Å². The van der Waals surface area contributed by atoms with Gasteiger partial charge in [0.05, 0.1) is 6.10 Å². The molecular weight excluding hydrogens is 348 g/mol. The zero-order valence-corrected chi connectivity index (χ0v) is 19.1. The molecule has 27 heavy (non-hydrogen) atoms. The Morgan fingerprint density at radius 1 is 1.11 bits per heavy atom. The van der Waals surface area contributed by atoms with Crippen LogP contribution in [0.25, 0.3) is 0 Å². The number of hydrogen-bond acceptors (Lipinski definition) is 2. The molecule has 0 heterocycles. The Morgan fingerprint density at radius 2 is 1.85 bits per heavy atom. The molecule has 1 N–H and O–H groups in total. The first kappa shape index (κ1) is 19.5. The predicted molar refractivity (Wildman–Crippen MR) is 115 cm³/mol. The van der Waals surface area contributed by atoms with E-state index in [1.807, 2.05) is 12.1 Å². The van der Waals surface area contributed by atoms with Gasteiger partial charge in [-0.15, -0.1) is 0 Å². The predicted octanol–water partition coefficient (Wildman–Crippen LogP) is 6.64. The Hall–Kier alpha value is -0.803. The van der Waals surface area contributed by atoms with Crippen LogP contribution in [0.2, 0.25) is 18.1 Å². The second kappa shape index (κ2) is 6.35. The van der Waals surface area contributed by atoms with E-state index in [9.17, 15) is 5.11 Å². The van der Waals surface area contributed by atoms with Crippen molar-refractivity contribution >= 4 is 8.32 Å². The Balaban J connectivity index is 1.58. The van der Waals surface area contributed by atoms with E-state index in [0.717, 1.165) is 18.3 Å². The van der Waals surface area contributed by atoms with Crippen LogP contribution >= 0.6 is 0 Å². The van der Waals surface area contributed by atoms with Gasteiger partial charge in [0, 0.05) is 0 Å². The maximum Gasteiger partial charge on any atom is 0.192 e. The number of hydrogen-bond donors (Lipinski definition) is 1. The number of rotatable bonds is 2. The second-order valence-corrected chi connectivity index (χ2v) is 16.0. The molecule has 0 aromatic heterocycles. The number of aryl methyl sites for hydroxylation is 1. The quantitative estimate of drug-likeness (QED) is 0.577. The molecule has 150 valence electrons. The fourth-order valence-corrected chi connectivity index (χ4v) is 7.70. The summed E-state index contributed by atoms with van der Waals surface area (Å²) in [7, 11) is -1.73. The van der Waals surface area contributed by atoms with Crippen LogP contribution < -0.4 is 0 Å². The minimum atomic E-state index is -1.73. The minimum Gasteiger partial charge on any atom is -0.508 e. The van der Waals surface area contributed by atoms with Crippen molar-refractivity contribution < 1.29 is 9.53 Å². The van der Waals surface area contributed by atoms with E-state index < -0.39 is 8.32 Å². The van der Waals surface area contributed by atoms with Crippen LogP contribution in [0.4, 0.5) is 0 Å². The van der Waals surface area contributed by atoms with Gasteiger partial charge in [0.1, 0.15) is 5.75 Å². The van der Waals surface area contributed by atoms with Crippen molar-refractivity contribution in [3.05, 3.63) is 29.3 Å². The third kappa shape index (κ3) is 3.09. The lowest BCUT2D eigenvalue weighted by Crippen LogP contribution is -2.50. The lowest BCUT2D eigenvalue weighted by atomic mass is 9.55. The average molecular weight is 387 g/mol. The molecule has 3 aliphatic carbocycles. The number of benzene rings is 1. The summed E-state index contributed by atoms with van der Waals surface area (Å²) >= 11 is 0. The number of aromatic hydroxyl groups is 1. The lowest BCUT2D eigenvalue weighted by molar-refractivity contribution is -0.0165. The molecule has 1 aromatic rings. The molecule has 3 aliphatic rings. The summed E-state index contributed by atoms with van der Waals surface area (Å²) in [6, 6.07) is 6.12. The van der Waals surface area contributed by atoms with Gasteiger partial charge in [-0.25, -0.2) is 0 Å². The van der Waals surface area contributed by atoms with Crippen LogP contribution in [-0.2, 0) is 10.8 Å². The van der Waals surface area contributed by atoms with Crippen molar-refractivity contribution in [2.75, 3.05) is 0 Å². The highest BCUT2D eigenvalue weighted by atomic mass is 28.4. The van der Waals surface area contributed by atoms with Crippen molar-refractivity contribution in [2.45, 2.75) is 96.4 Å². The minimum absolute atomic E-state index is 0.282. The van der Waals surface area contributed by atoms with Crippen LogP contribution in [0.5, 0.6) is 5.75 Å². The van der Waals surface area contributed by atoms with Gasteiger partial charge in [-0.3, -0.25) is 0 Å². The maximum absolute atomic E-state index is 9.87. The fourth-order valence-electron chi connectivity index (χ4n) is 6.25. The molecule has 1 aromatic carbocycles. The van der Waals surface area contributed by atoms with Crippen molar-refractivity contribution in [1.29, 1.82) is 0 Å². The molecule has 0 amide bonds. The van der Waals surface area contributed by atoms with E-state index in [-0.39, 0.29) is 5.04 Å². The van der Waals surface area contributed by atoms with Crippen LogP contribution in [0.3, 0.4) is 0 Å². The summed E-state index contributed by atoms with van der Waals surface area (Å²) < 4.78 is 7.01. The Morgan fingerprint density at radius 3 is 2.56 bits per heavy atom.